The van der Waals surface area contributed by atoms with Crippen LogP contribution in [0.2, 0.25) is 0 Å². The van der Waals surface area contributed by atoms with Crippen LogP contribution in [0.25, 0.3) is 0 Å². The third-order valence-corrected chi connectivity index (χ3v) is 5.21. The Morgan fingerprint density at radius 1 is 0.933 bits per heavy atom. The maximum Gasteiger partial charge on any atom is 0.242 e. The molecule has 30 heavy (non-hydrogen) atoms. The summed E-state index contributed by atoms with van der Waals surface area (Å²) in [4.78, 5) is 31.2. The first-order valence-electron chi connectivity index (χ1n) is 10.6. The predicted octanol–water partition coefficient (Wildman–Crippen LogP) is 2.36. The lowest BCUT2D eigenvalue weighted by atomic mass is 10.2. The Balaban J connectivity index is 1.56. The lowest BCUT2D eigenvalue weighted by Gasteiger charge is -2.36. The number of carbonyl (C=O) groups is 2. The van der Waals surface area contributed by atoms with Crippen LogP contribution in [-0.2, 0) is 16.1 Å². The number of nitrogens with zero attached hydrogens (tertiary/aromatic N) is 3. The summed E-state index contributed by atoms with van der Waals surface area (Å²) in [6.07, 6.45) is 0. The molecule has 1 fully saturated rings. The van der Waals surface area contributed by atoms with E-state index in [1.807, 2.05) is 67.3 Å². The van der Waals surface area contributed by atoms with Crippen molar-refractivity contribution >= 4 is 17.5 Å². The van der Waals surface area contributed by atoms with E-state index in [0.717, 1.165) is 18.8 Å². The number of hydrogen-bond acceptors (Lipinski definition) is 4. The van der Waals surface area contributed by atoms with E-state index in [0.29, 0.717) is 32.7 Å². The molecule has 0 aromatic heterocycles. The van der Waals surface area contributed by atoms with Crippen molar-refractivity contribution in [3.05, 3.63) is 66.2 Å². The van der Waals surface area contributed by atoms with Gasteiger partial charge < -0.3 is 15.1 Å². The fraction of sp³-hybridized carbons (Fsp3) is 0.417. The van der Waals surface area contributed by atoms with Gasteiger partial charge in [-0.15, -0.1) is 0 Å². The maximum absolute atomic E-state index is 13.0. The molecule has 6 nitrogen and oxygen atoms in total. The van der Waals surface area contributed by atoms with E-state index in [1.54, 1.807) is 0 Å². The van der Waals surface area contributed by atoms with Crippen molar-refractivity contribution in [3.8, 4) is 0 Å². The van der Waals surface area contributed by atoms with Gasteiger partial charge in [0.15, 0.2) is 0 Å². The van der Waals surface area contributed by atoms with E-state index in [1.165, 1.54) is 5.56 Å². The number of carbonyl (C=O) groups excluding carboxylic acids is 2. The van der Waals surface area contributed by atoms with Crippen LogP contribution in [0.1, 0.15) is 19.4 Å². The lowest BCUT2D eigenvalue weighted by Crippen LogP contribution is -2.53. The van der Waals surface area contributed by atoms with Crippen molar-refractivity contribution in [2.24, 2.45) is 0 Å². The predicted molar refractivity (Wildman–Crippen MR) is 120 cm³/mol. The zero-order valence-electron chi connectivity index (χ0n) is 18.0. The Kier molecular flexibility index (Phi) is 7.85. The Morgan fingerprint density at radius 2 is 1.53 bits per heavy atom. The quantitative estimate of drug-likeness (QED) is 0.729. The molecule has 3 rings (SSSR count). The molecule has 1 saturated heterocycles. The number of benzene rings is 2. The second-order valence-electron chi connectivity index (χ2n) is 8.06. The number of hydrogen-bond donors (Lipinski definition) is 1. The van der Waals surface area contributed by atoms with Gasteiger partial charge in [0.2, 0.25) is 11.8 Å². The van der Waals surface area contributed by atoms with E-state index < -0.39 is 0 Å². The highest BCUT2D eigenvalue weighted by Crippen LogP contribution is 2.17. The maximum atomic E-state index is 13.0. The zero-order chi connectivity index (χ0) is 21.3. The molecule has 0 spiro atoms. The summed E-state index contributed by atoms with van der Waals surface area (Å²) in [5.41, 5.74) is 2.22. The monoisotopic (exact) mass is 408 g/mol. The van der Waals surface area contributed by atoms with Gasteiger partial charge in [-0.3, -0.25) is 14.5 Å². The van der Waals surface area contributed by atoms with Crippen LogP contribution < -0.4 is 10.2 Å². The Bertz CT molecular complexity index is 802. The van der Waals surface area contributed by atoms with E-state index >= 15 is 0 Å². The van der Waals surface area contributed by atoms with Gasteiger partial charge in [-0.25, -0.2) is 0 Å². The zero-order valence-corrected chi connectivity index (χ0v) is 18.0. The van der Waals surface area contributed by atoms with Crippen LogP contribution in [0.5, 0.6) is 0 Å². The van der Waals surface area contributed by atoms with Gasteiger partial charge in [0, 0.05) is 44.5 Å². The number of anilines is 1. The van der Waals surface area contributed by atoms with Gasteiger partial charge in [0.1, 0.15) is 0 Å². The molecule has 0 atom stereocenters. The third kappa shape index (κ3) is 6.59. The van der Waals surface area contributed by atoms with E-state index in [-0.39, 0.29) is 17.9 Å². The molecule has 1 aliphatic rings. The Morgan fingerprint density at radius 3 is 2.13 bits per heavy atom. The topological polar surface area (TPSA) is 55.9 Å². The molecular weight excluding hydrogens is 376 g/mol. The Hall–Kier alpha value is -2.86. The molecule has 2 aromatic rings. The number of para-hydroxylation sites is 1. The molecule has 0 bridgehead atoms. The molecular formula is C24H32N4O2. The summed E-state index contributed by atoms with van der Waals surface area (Å²) >= 11 is 0. The van der Waals surface area contributed by atoms with Crippen LogP contribution in [-0.4, -0.2) is 66.9 Å². The van der Waals surface area contributed by atoms with Gasteiger partial charge in [-0.05, 0) is 31.5 Å². The summed E-state index contributed by atoms with van der Waals surface area (Å²) in [6, 6.07) is 20.4. The summed E-state index contributed by atoms with van der Waals surface area (Å²) in [5.74, 6) is 0.170. The van der Waals surface area contributed by atoms with Crippen LogP contribution in [0, 0.1) is 0 Å². The van der Waals surface area contributed by atoms with Crippen LogP contribution in [0.4, 0.5) is 5.69 Å². The minimum Gasteiger partial charge on any atom is -0.358 e. The van der Waals surface area contributed by atoms with Gasteiger partial charge in [-0.1, -0.05) is 48.5 Å². The average molecular weight is 409 g/mol. The first-order chi connectivity index (χ1) is 14.5. The fourth-order valence-corrected chi connectivity index (χ4v) is 3.67. The van der Waals surface area contributed by atoms with Crippen molar-refractivity contribution in [2.45, 2.75) is 26.4 Å². The molecule has 2 aromatic carbocycles. The largest absolute Gasteiger partial charge is 0.358 e. The van der Waals surface area contributed by atoms with Gasteiger partial charge in [0.05, 0.1) is 13.1 Å². The standard InChI is InChI=1S/C24H32N4O2/c1-20(2)25-23(29)18-26-13-15-27(16-14-26)24(30)19-28(22-11-7-4-8-12-22)17-21-9-5-3-6-10-21/h3-12,20H,13-19H2,1-2H3,(H,25,29). The minimum absolute atomic E-state index is 0.0443. The normalized spacial score (nSPS) is 14.6. The summed E-state index contributed by atoms with van der Waals surface area (Å²) in [5, 5.41) is 2.92. The third-order valence-electron chi connectivity index (χ3n) is 5.21. The van der Waals surface area contributed by atoms with Crippen molar-refractivity contribution < 1.29 is 9.59 Å². The second-order valence-corrected chi connectivity index (χ2v) is 8.06. The van der Waals surface area contributed by atoms with Crippen molar-refractivity contribution in [3.63, 3.8) is 0 Å². The number of rotatable bonds is 8. The van der Waals surface area contributed by atoms with Gasteiger partial charge >= 0.3 is 0 Å². The first kappa shape index (κ1) is 21.8. The lowest BCUT2D eigenvalue weighted by molar-refractivity contribution is -0.131. The molecule has 0 radical (unpaired) electrons. The number of piperazine rings is 1. The first-order valence-corrected chi connectivity index (χ1v) is 10.6. The molecule has 0 aliphatic carbocycles. The number of nitrogens with one attached hydrogen (secondary N) is 1. The van der Waals surface area contributed by atoms with Gasteiger partial charge in [-0.2, -0.15) is 0 Å². The van der Waals surface area contributed by atoms with E-state index in [9.17, 15) is 9.59 Å². The second kappa shape index (κ2) is 10.8. The molecule has 0 unspecified atom stereocenters. The minimum atomic E-state index is 0.0443. The summed E-state index contributed by atoms with van der Waals surface area (Å²) in [7, 11) is 0. The van der Waals surface area contributed by atoms with Crippen LogP contribution in [0.15, 0.2) is 60.7 Å². The highest BCUT2D eigenvalue weighted by Gasteiger charge is 2.24. The van der Waals surface area contributed by atoms with Crippen molar-refractivity contribution in [1.82, 2.24) is 15.1 Å². The number of amides is 2. The van der Waals surface area contributed by atoms with Crippen LogP contribution >= 0.6 is 0 Å². The molecule has 2 amide bonds. The average Bonchev–Trinajstić information content (AvgIpc) is 2.74. The van der Waals surface area contributed by atoms with Crippen molar-refractivity contribution in [2.75, 3.05) is 44.2 Å². The van der Waals surface area contributed by atoms with E-state index in [4.69, 9.17) is 0 Å². The highest BCUT2D eigenvalue weighted by molar-refractivity contribution is 5.82. The summed E-state index contributed by atoms with van der Waals surface area (Å²) < 4.78 is 0. The molecule has 6 heteroatoms. The molecule has 1 N–H and O–H groups in total. The Labute approximate surface area is 179 Å². The smallest absolute Gasteiger partial charge is 0.242 e. The van der Waals surface area contributed by atoms with Gasteiger partial charge in [0.25, 0.3) is 0 Å². The summed E-state index contributed by atoms with van der Waals surface area (Å²) in [6.45, 7) is 8.10. The van der Waals surface area contributed by atoms with Crippen molar-refractivity contribution in [1.29, 1.82) is 0 Å². The molecule has 0 saturated carbocycles. The highest BCUT2D eigenvalue weighted by atomic mass is 16.2. The van der Waals surface area contributed by atoms with Crippen LogP contribution in [0.3, 0.4) is 0 Å². The molecule has 160 valence electrons. The molecule has 1 aliphatic heterocycles. The van der Waals surface area contributed by atoms with E-state index in [2.05, 4.69) is 27.2 Å². The SMILES string of the molecule is CC(C)NC(=O)CN1CCN(C(=O)CN(Cc2ccccc2)c2ccccc2)CC1. The fourth-order valence-electron chi connectivity index (χ4n) is 3.67. The molecule has 1 heterocycles.